The zero-order valence-electron chi connectivity index (χ0n) is 17.2. The van der Waals surface area contributed by atoms with Crippen LogP contribution in [-0.4, -0.2) is 58.3 Å². The van der Waals surface area contributed by atoms with E-state index in [4.69, 9.17) is 0 Å². The van der Waals surface area contributed by atoms with Crippen molar-refractivity contribution in [1.82, 2.24) is 15.5 Å². The van der Waals surface area contributed by atoms with Crippen molar-refractivity contribution in [1.29, 1.82) is 0 Å². The summed E-state index contributed by atoms with van der Waals surface area (Å²) in [5, 5.41) is 6.59. The minimum Gasteiger partial charge on any atom is -0.357 e. The number of guanidine groups is 1. The zero-order valence-corrected chi connectivity index (χ0v) is 18.0. The van der Waals surface area contributed by atoms with E-state index in [1.54, 1.807) is 0 Å². The molecule has 0 amide bonds. The van der Waals surface area contributed by atoms with Gasteiger partial charge in [0, 0.05) is 25.9 Å². The second-order valence-corrected chi connectivity index (χ2v) is 9.65. The fraction of sp³-hybridized carbons (Fsp3) is 0.650. The molecule has 1 heterocycles. The van der Waals surface area contributed by atoms with Crippen molar-refractivity contribution < 1.29 is 12.8 Å². The molecule has 1 fully saturated rings. The topological polar surface area (TPSA) is 73.8 Å². The number of sulfone groups is 1. The molecule has 1 aromatic carbocycles. The molecule has 0 bridgehead atoms. The van der Waals surface area contributed by atoms with Crippen molar-refractivity contribution in [2.75, 3.05) is 39.0 Å². The van der Waals surface area contributed by atoms with E-state index in [0.717, 1.165) is 32.7 Å². The van der Waals surface area contributed by atoms with Gasteiger partial charge in [0.25, 0.3) is 0 Å². The van der Waals surface area contributed by atoms with Crippen LogP contribution in [0.25, 0.3) is 0 Å². The predicted molar refractivity (Wildman–Crippen MR) is 113 cm³/mol. The second-order valence-electron chi connectivity index (χ2n) is 7.51. The fourth-order valence-corrected chi connectivity index (χ4v) is 4.36. The smallest absolute Gasteiger partial charge is 0.191 e. The predicted octanol–water partition coefficient (Wildman–Crippen LogP) is 2.16. The Kier molecular flexibility index (Phi) is 8.69. The molecule has 158 valence electrons. The number of likely N-dealkylation sites (tertiary alicyclic amines) is 1. The van der Waals surface area contributed by atoms with Gasteiger partial charge in [-0.05, 0) is 62.0 Å². The molecule has 1 unspecified atom stereocenters. The molecule has 8 heteroatoms. The van der Waals surface area contributed by atoms with E-state index in [2.05, 4.69) is 27.4 Å². The Labute approximate surface area is 168 Å². The van der Waals surface area contributed by atoms with Crippen molar-refractivity contribution in [3.63, 3.8) is 0 Å². The maximum atomic E-state index is 13.7. The van der Waals surface area contributed by atoms with Crippen molar-refractivity contribution in [2.24, 2.45) is 10.9 Å². The van der Waals surface area contributed by atoms with Crippen LogP contribution >= 0.6 is 0 Å². The molecule has 0 radical (unpaired) electrons. The Morgan fingerprint density at radius 1 is 1.29 bits per heavy atom. The molecule has 0 spiro atoms. The van der Waals surface area contributed by atoms with Crippen LogP contribution in [0.3, 0.4) is 0 Å². The third-order valence-corrected chi connectivity index (χ3v) is 5.64. The van der Waals surface area contributed by atoms with Gasteiger partial charge in [-0.15, -0.1) is 0 Å². The van der Waals surface area contributed by atoms with Crippen LogP contribution in [-0.2, 0) is 22.1 Å². The Morgan fingerprint density at radius 3 is 2.75 bits per heavy atom. The first-order valence-electron chi connectivity index (χ1n) is 10.00. The highest BCUT2D eigenvalue weighted by Gasteiger charge is 2.21. The lowest BCUT2D eigenvalue weighted by atomic mass is 10.1. The molecule has 1 saturated heterocycles. The molecule has 28 heavy (non-hydrogen) atoms. The largest absolute Gasteiger partial charge is 0.357 e. The quantitative estimate of drug-likeness (QED) is 0.480. The molecule has 1 aliphatic rings. The highest BCUT2D eigenvalue weighted by molar-refractivity contribution is 7.89. The summed E-state index contributed by atoms with van der Waals surface area (Å²) >= 11 is 0. The Bertz CT molecular complexity index is 767. The van der Waals surface area contributed by atoms with Crippen LogP contribution in [0.5, 0.6) is 0 Å². The van der Waals surface area contributed by atoms with Crippen LogP contribution in [0.1, 0.15) is 37.8 Å². The molecule has 1 aromatic rings. The van der Waals surface area contributed by atoms with Gasteiger partial charge in [-0.1, -0.05) is 13.0 Å². The highest BCUT2D eigenvalue weighted by atomic mass is 32.2. The van der Waals surface area contributed by atoms with E-state index >= 15 is 0 Å². The van der Waals surface area contributed by atoms with E-state index in [1.807, 2.05) is 6.92 Å². The highest BCUT2D eigenvalue weighted by Crippen LogP contribution is 2.17. The van der Waals surface area contributed by atoms with E-state index in [0.29, 0.717) is 23.0 Å². The van der Waals surface area contributed by atoms with Crippen molar-refractivity contribution >= 4 is 15.8 Å². The summed E-state index contributed by atoms with van der Waals surface area (Å²) in [6.45, 7) is 9.37. The van der Waals surface area contributed by atoms with Crippen LogP contribution in [0.4, 0.5) is 4.39 Å². The Hall–Kier alpha value is -1.67. The molecular weight excluding hydrogens is 379 g/mol. The van der Waals surface area contributed by atoms with Gasteiger partial charge >= 0.3 is 0 Å². The van der Waals surface area contributed by atoms with Gasteiger partial charge in [0.1, 0.15) is 5.82 Å². The third-order valence-electron chi connectivity index (χ3n) is 4.81. The average molecular weight is 413 g/mol. The molecule has 0 aromatic heterocycles. The number of benzene rings is 1. The molecule has 2 rings (SSSR count). The summed E-state index contributed by atoms with van der Waals surface area (Å²) < 4.78 is 37.0. The molecule has 0 saturated carbocycles. The van der Waals surface area contributed by atoms with Gasteiger partial charge in [-0.3, -0.25) is 0 Å². The van der Waals surface area contributed by atoms with Crippen molar-refractivity contribution in [3.05, 3.63) is 35.1 Å². The molecule has 2 N–H and O–H groups in total. The first-order chi connectivity index (χ1) is 13.3. The fourth-order valence-electron chi connectivity index (χ4n) is 3.51. The molecule has 0 aliphatic carbocycles. The number of nitrogens with zero attached hydrogens (tertiary/aromatic N) is 2. The standard InChI is InChI=1S/C20H33FN4O2S/c1-4-9-25-10-8-16(14-25)12-23-20(22-5-2)24-13-18-11-19(21)7-6-17(18)15-28(3,26)27/h6-7,11,16H,4-5,8-10,12-15H2,1-3H3,(H2,22,23,24). The van der Waals surface area contributed by atoms with Gasteiger partial charge in [-0.2, -0.15) is 0 Å². The van der Waals surface area contributed by atoms with Crippen molar-refractivity contribution in [3.8, 4) is 0 Å². The number of nitrogens with one attached hydrogen (secondary N) is 2. The Balaban J connectivity index is 2.01. The van der Waals surface area contributed by atoms with Gasteiger partial charge in [-0.25, -0.2) is 17.8 Å². The first-order valence-corrected chi connectivity index (χ1v) is 12.1. The van der Waals surface area contributed by atoms with Gasteiger partial charge in [0.2, 0.25) is 0 Å². The van der Waals surface area contributed by atoms with Gasteiger partial charge < -0.3 is 15.5 Å². The Morgan fingerprint density at radius 2 is 2.07 bits per heavy atom. The summed E-state index contributed by atoms with van der Waals surface area (Å²) in [6.07, 6.45) is 3.53. The minimum atomic E-state index is -3.20. The number of rotatable bonds is 9. The lowest BCUT2D eigenvalue weighted by Crippen LogP contribution is -2.40. The van der Waals surface area contributed by atoms with Crippen LogP contribution in [0, 0.1) is 11.7 Å². The maximum absolute atomic E-state index is 13.7. The number of hydrogen-bond acceptors (Lipinski definition) is 4. The normalized spacial score (nSPS) is 18.4. The monoisotopic (exact) mass is 412 g/mol. The minimum absolute atomic E-state index is 0.114. The molecule has 1 aliphatic heterocycles. The lowest BCUT2D eigenvalue weighted by molar-refractivity contribution is 0.324. The summed E-state index contributed by atoms with van der Waals surface area (Å²) in [5.41, 5.74) is 1.19. The molecular formula is C20H33FN4O2S. The third kappa shape index (κ3) is 7.75. The lowest BCUT2D eigenvalue weighted by Gasteiger charge is -2.17. The number of aliphatic imine (C=N–C) groups is 1. The molecule has 6 nitrogen and oxygen atoms in total. The van der Waals surface area contributed by atoms with E-state index in [-0.39, 0.29) is 18.1 Å². The summed E-state index contributed by atoms with van der Waals surface area (Å²) in [5.74, 6) is 0.760. The summed E-state index contributed by atoms with van der Waals surface area (Å²) in [4.78, 5) is 7.04. The second kappa shape index (κ2) is 10.8. The van der Waals surface area contributed by atoms with Crippen LogP contribution in [0.2, 0.25) is 0 Å². The summed E-state index contributed by atoms with van der Waals surface area (Å²) in [7, 11) is -3.20. The van der Waals surface area contributed by atoms with Gasteiger partial charge in [0.05, 0.1) is 12.3 Å². The average Bonchev–Trinajstić information content (AvgIpc) is 3.06. The zero-order chi connectivity index (χ0) is 20.6. The van der Waals surface area contributed by atoms with Crippen molar-refractivity contribution in [2.45, 2.75) is 39.0 Å². The van der Waals surface area contributed by atoms with E-state index < -0.39 is 9.84 Å². The van der Waals surface area contributed by atoms with Gasteiger partial charge in [0.15, 0.2) is 15.8 Å². The number of halogens is 1. The maximum Gasteiger partial charge on any atom is 0.191 e. The van der Waals surface area contributed by atoms with Crippen LogP contribution < -0.4 is 10.6 Å². The van der Waals surface area contributed by atoms with Crippen LogP contribution in [0.15, 0.2) is 23.2 Å². The summed E-state index contributed by atoms with van der Waals surface area (Å²) in [6, 6.07) is 4.19. The van der Waals surface area contributed by atoms with E-state index in [1.165, 1.54) is 37.3 Å². The first kappa shape index (κ1) is 22.6. The molecule has 1 atom stereocenters. The SMILES string of the molecule is CCCN1CCC(CNC(=NCc2cc(F)ccc2CS(C)(=O)=O)NCC)C1. The van der Waals surface area contributed by atoms with E-state index in [9.17, 15) is 12.8 Å². The number of hydrogen-bond donors (Lipinski definition) is 2.